The van der Waals surface area contributed by atoms with Crippen LogP contribution in [0.25, 0.3) is 0 Å². The highest BCUT2D eigenvalue weighted by Gasteiger charge is 2.39. The number of esters is 1. The van der Waals surface area contributed by atoms with E-state index in [4.69, 9.17) is 4.74 Å². The largest absolute Gasteiger partial charge is 0.508 e. The number of rotatable bonds is 8. The van der Waals surface area contributed by atoms with Crippen molar-refractivity contribution in [1.82, 2.24) is 0 Å². The zero-order chi connectivity index (χ0) is 26.1. The van der Waals surface area contributed by atoms with Gasteiger partial charge in [0.2, 0.25) is 5.91 Å². The van der Waals surface area contributed by atoms with Crippen molar-refractivity contribution >= 4 is 17.6 Å². The molecule has 0 radical (unpaired) electrons. The molecule has 0 aliphatic carbocycles. The summed E-state index contributed by atoms with van der Waals surface area (Å²) in [6.45, 7) is 3.61. The third-order valence-electron chi connectivity index (χ3n) is 6.36. The van der Waals surface area contributed by atoms with E-state index >= 15 is 0 Å². The third-order valence-corrected chi connectivity index (χ3v) is 6.36. The molecule has 0 saturated heterocycles. The summed E-state index contributed by atoms with van der Waals surface area (Å²) in [7, 11) is 0. The van der Waals surface area contributed by atoms with Crippen LogP contribution in [0.5, 0.6) is 5.75 Å². The minimum absolute atomic E-state index is 0.00562. The Bertz CT molecular complexity index is 1310. The maximum Gasteiger partial charge on any atom is 0.338 e. The lowest BCUT2D eigenvalue weighted by Crippen LogP contribution is -2.42. The number of carbonyl (C=O) groups excluding carboxylic acids is 2. The molecule has 4 rings (SSSR count). The van der Waals surface area contributed by atoms with Crippen molar-refractivity contribution < 1.29 is 33.3 Å². The average molecular weight is 496 g/mol. The van der Waals surface area contributed by atoms with Gasteiger partial charge in [0.1, 0.15) is 24.0 Å². The molecular formula is C28H27F2NO5. The van der Waals surface area contributed by atoms with E-state index in [2.05, 4.69) is 5.32 Å². The Morgan fingerprint density at radius 2 is 1.72 bits per heavy atom. The summed E-state index contributed by atoms with van der Waals surface area (Å²) in [5, 5.41) is 24.8. The van der Waals surface area contributed by atoms with Crippen molar-refractivity contribution in [2.75, 3.05) is 5.32 Å². The van der Waals surface area contributed by atoms with Crippen molar-refractivity contribution in [2.45, 2.75) is 50.7 Å². The number of halogens is 2. The molecule has 0 saturated carbocycles. The second kappa shape index (κ2) is 9.70. The standard InChI is InChI=1S/C28H27F2NO5/c1-27(2,23-12-20(30)7-10-24(23)32)16-28(35,13-17-3-5-19(29)6-4-17)14-25(33)31-21-8-9-22-18(11-21)15-36-26(22)34/h3-12,32,35H,13-16H2,1-2H3,(H,31,33). The number of nitrogens with one attached hydrogen (secondary N) is 1. The summed E-state index contributed by atoms with van der Waals surface area (Å²) in [5.41, 5.74) is -0.0994. The van der Waals surface area contributed by atoms with E-state index in [1.807, 2.05) is 0 Å². The molecule has 0 fully saturated rings. The fraction of sp³-hybridized carbons (Fsp3) is 0.286. The van der Waals surface area contributed by atoms with Crippen molar-refractivity contribution in [3.8, 4) is 5.75 Å². The summed E-state index contributed by atoms with van der Waals surface area (Å²) in [4.78, 5) is 24.7. The molecule has 188 valence electrons. The molecule has 1 amide bonds. The minimum atomic E-state index is -1.63. The van der Waals surface area contributed by atoms with Crippen molar-refractivity contribution in [1.29, 1.82) is 0 Å². The van der Waals surface area contributed by atoms with Crippen LogP contribution in [0.2, 0.25) is 0 Å². The molecule has 6 nitrogen and oxygen atoms in total. The molecule has 1 aliphatic heterocycles. The van der Waals surface area contributed by atoms with E-state index in [0.29, 0.717) is 27.9 Å². The number of benzene rings is 3. The summed E-state index contributed by atoms with van der Waals surface area (Å²) < 4.78 is 32.4. The normalized spacial score (nSPS) is 14.6. The third kappa shape index (κ3) is 5.71. The van der Waals surface area contributed by atoms with Crippen LogP contribution in [0.4, 0.5) is 14.5 Å². The first-order valence-corrected chi connectivity index (χ1v) is 11.5. The SMILES string of the molecule is CC(C)(CC(O)(CC(=O)Nc1ccc2c(c1)COC2=O)Cc1ccc(F)cc1)c1cc(F)ccc1O. The highest BCUT2D eigenvalue weighted by atomic mass is 19.1. The molecule has 8 heteroatoms. The van der Waals surface area contributed by atoms with Crippen molar-refractivity contribution in [2.24, 2.45) is 0 Å². The van der Waals surface area contributed by atoms with Crippen LogP contribution in [-0.4, -0.2) is 27.7 Å². The first-order chi connectivity index (χ1) is 16.9. The van der Waals surface area contributed by atoms with Gasteiger partial charge in [-0.1, -0.05) is 26.0 Å². The molecule has 3 N–H and O–H groups in total. The number of amides is 1. The quantitative estimate of drug-likeness (QED) is 0.382. The van der Waals surface area contributed by atoms with E-state index in [1.165, 1.54) is 36.4 Å². The zero-order valence-corrected chi connectivity index (χ0v) is 20.0. The summed E-state index contributed by atoms with van der Waals surface area (Å²) in [6, 6.07) is 14.0. The van der Waals surface area contributed by atoms with E-state index in [9.17, 15) is 28.6 Å². The number of cyclic esters (lactones) is 1. The smallest absolute Gasteiger partial charge is 0.338 e. The van der Waals surface area contributed by atoms with Gasteiger partial charge in [0.05, 0.1) is 17.6 Å². The predicted octanol–water partition coefficient (Wildman–Crippen LogP) is 5.01. The molecule has 3 aromatic carbocycles. The Hall–Kier alpha value is -3.78. The summed E-state index contributed by atoms with van der Waals surface area (Å²) in [6.07, 6.45) is -0.308. The number of anilines is 1. The number of hydrogen-bond donors (Lipinski definition) is 3. The van der Waals surface area contributed by atoms with Gasteiger partial charge >= 0.3 is 5.97 Å². The van der Waals surface area contributed by atoms with Gasteiger partial charge in [0.25, 0.3) is 0 Å². The van der Waals surface area contributed by atoms with Crippen molar-refractivity contribution in [3.05, 3.63) is 94.6 Å². The van der Waals surface area contributed by atoms with Crippen LogP contribution in [0.1, 0.15) is 53.7 Å². The second-order valence-electron chi connectivity index (χ2n) is 9.92. The van der Waals surface area contributed by atoms with Gasteiger partial charge in [-0.3, -0.25) is 4.79 Å². The van der Waals surface area contributed by atoms with Gasteiger partial charge < -0.3 is 20.3 Å². The molecule has 1 heterocycles. The molecule has 0 aromatic heterocycles. The first kappa shape index (κ1) is 25.3. The summed E-state index contributed by atoms with van der Waals surface area (Å²) >= 11 is 0. The van der Waals surface area contributed by atoms with Crippen LogP contribution in [0.15, 0.2) is 60.7 Å². The van der Waals surface area contributed by atoms with Gasteiger partial charge in [-0.05, 0) is 65.9 Å². The lowest BCUT2D eigenvalue weighted by molar-refractivity contribution is -0.121. The minimum Gasteiger partial charge on any atom is -0.508 e. The number of ether oxygens (including phenoxy) is 1. The topological polar surface area (TPSA) is 95.9 Å². The van der Waals surface area contributed by atoms with E-state index < -0.39 is 34.5 Å². The number of phenols is 1. The molecule has 1 atom stereocenters. The molecule has 0 bridgehead atoms. The maximum atomic E-state index is 14.0. The molecule has 36 heavy (non-hydrogen) atoms. The highest BCUT2D eigenvalue weighted by molar-refractivity contribution is 5.96. The van der Waals surface area contributed by atoms with Crippen LogP contribution in [-0.2, 0) is 28.0 Å². The van der Waals surface area contributed by atoms with Gasteiger partial charge in [0, 0.05) is 23.2 Å². The number of aromatic hydroxyl groups is 1. The Kier molecular flexibility index (Phi) is 6.82. The Labute approximate surface area is 207 Å². The predicted molar refractivity (Wildman–Crippen MR) is 130 cm³/mol. The monoisotopic (exact) mass is 495 g/mol. The van der Waals surface area contributed by atoms with E-state index in [0.717, 1.165) is 6.07 Å². The van der Waals surface area contributed by atoms with E-state index in [-0.39, 0.29) is 31.6 Å². The van der Waals surface area contributed by atoms with Crippen LogP contribution in [0, 0.1) is 11.6 Å². The van der Waals surface area contributed by atoms with Gasteiger partial charge in [-0.15, -0.1) is 0 Å². The fourth-order valence-corrected chi connectivity index (χ4v) is 4.85. The number of carbonyl (C=O) groups is 2. The van der Waals surface area contributed by atoms with Gasteiger partial charge in [-0.25, -0.2) is 13.6 Å². The fourth-order valence-electron chi connectivity index (χ4n) is 4.85. The second-order valence-corrected chi connectivity index (χ2v) is 9.92. The first-order valence-electron chi connectivity index (χ1n) is 11.5. The van der Waals surface area contributed by atoms with Crippen molar-refractivity contribution in [3.63, 3.8) is 0 Å². The molecule has 1 aliphatic rings. The Morgan fingerprint density at radius 1 is 1.03 bits per heavy atom. The lowest BCUT2D eigenvalue weighted by atomic mass is 9.72. The van der Waals surface area contributed by atoms with Crippen LogP contribution in [0.3, 0.4) is 0 Å². The molecule has 1 unspecified atom stereocenters. The number of aliphatic hydroxyl groups is 1. The summed E-state index contributed by atoms with van der Waals surface area (Å²) in [5.74, 6) is -1.98. The average Bonchev–Trinajstić information content (AvgIpc) is 3.16. The molecule has 0 spiro atoms. The van der Waals surface area contributed by atoms with Gasteiger partial charge in [-0.2, -0.15) is 0 Å². The number of fused-ring (bicyclic) bond motifs is 1. The molecule has 3 aromatic rings. The van der Waals surface area contributed by atoms with Crippen LogP contribution < -0.4 is 5.32 Å². The zero-order valence-electron chi connectivity index (χ0n) is 20.0. The molecular weight excluding hydrogens is 468 g/mol. The van der Waals surface area contributed by atoms with Crippen LogP contribution >= 0.6 is 0 Å². The number of hydrogen-bond acceptors (Lipinski definition) is 5. The van der Waals surface area contributed by atoms with E-state index in [1.54, 1.807) is 32.0 Å². The highest BCUT2D eigenvalue weighted by Crippen LogP contribution is 2.40. The Balaban J connectivity index is 1.59. The maximum absolute atomic E-state index is 14.0. The Morgan fingerprint density at radius 3 is 2.44 bits per heavy atom. The number of phenolic OH excluding ortho intramolecular Hbond substituents is 1. The lowest BCUT2D eigenvalue weighted by Gasteiger charge is -2.37. The van der Waals surface area contributed by atoms with Gasteiger partial charge in [0.15, 0.2) is 0 Å².